The summed E-state index contributed by atoms with van der Waals surface area (Å²) in [6.07, 6.45) is 4.82. The summed E-state index contributed by atoms with van der Waals surface area (Å²) in [7, 11) is 0. The molecule has 25 heavy (non-hydrogen) atoms. The molecule has 0 fully saturated rings. The molecule has 3 rings (SSSR count). The van der Waals surface area contributed by atoms with E-state index in [1.54, 1.807) is 0 Å². The van der Waals surface area contributed by atoms with Crippen LogP contribution in [0.25, 0.3) is 0 Å². The first-order valence-electron chi connectivity index (χ1n) is 8.49. The van der Waals surface area contributed by atoms with Crippen LogP contribution in [0, 0.1) is 13.8 Å². The summed E-state index contributed by atoms with van der Waals surface area (Å²) in [6, 6.07) is 20.6. The molecule has 1 aromatic heterocycles. The number of anilines is 1. The molecular weight excluding hydrogens is 308 g/mol. The molecule has 3 nitrogen and oxygen atoms in total. The zero-order valence-corrected chi connectivity index (χ0v) is 14.7. The fourth-order valence-electron chi connectivity index (χ4n) is 2.77. The summed E-state index contributed by atoms with van der Waals surface area (Å²) in [6.45, 7) is 4.33. The molecule has 0 radical (unpaired) electrons. The molecule has 1 N–H and O–H groups in total. The highest BCUT2D eigenvalue weighted by Crippen LogP contribution is 2.16. The van der Waals surface area contributed by atoms with Crippen LogP contribution in [-0.2, 0) is 17.8 Å². The largest absolute Gasteiger partial charge is 0.320 e. The minimum atomic E-state index is -0.0190. The SMILES string of the molecule is Cc1ccc(C)c(NC(=O)C[n+]2ccc(Cc3ccccc3)cc2)c1. The Morgan fingerprint density at radius 2 is 1.60 bits per heavy atom. The van der Waals surface area contributed by atoms with Gasteiger partial charge in [-0.05, 0) is 48.6 Å². The molecule has 3 aromatic rings. The maximum absolute atomic E-state index is 12.3. The predicted molar refractivity (Wildman–Crippen MR) is 100 cm³/mol. The molecule has 2 aromatic carbocycles. The van der Waals surface area contributed by atoms with Crippen LogP contribution in [-0.4, -0.2) is 5.91 Å². The van der Waals surface area contributed by atoms with Crippen molar-refractivity contribution in [1.82, 2.24) is 0 Å². The van der Waals surface area contributed by atoms with Gasteiger partial charge in [-0.2, -0.15) is 4.57 Å². The van der Waals surface area contributed by atoms with Crippen molar-refractivity contribution >= 4 is 11.6 Å². The van der Waals surface area contributed by atoms with E-state index < -0.39 is 0 Å². The van der Waals surface area contributed by atoms with Crippen molar-refractivity contribution in [3.63, 3.8) is 0 Å². The van der Waals surface area contributed by atoms with E-state index in [0.717, 1.165) is 23.2 Å². The summed E-state index contributed by atoms with van der Waals surface area (Å²) in [4.78, 5) is 12.3. The van der Waals surface area contributed by atoms with Gasteiger partial charge in [-0.1, -0.05) is 42.5 Å². The smallest absolute Gasteiger partial charge is 0.290 e. The molecule has 0 unspecified atom stereocenters. The second kappa shape index (κ2) is 7.75. The second-order valence-corrected chi connectivity index (χ2v) is 6.41. The fraction of sp³-hybridized carbons (Fsp3) is 0.182. The van der Waals surface area contributed by atoms with E-state index >= 15 is 0 Å². The van der Waals surface area contributed by atoms with Crippen LogP contribution >= 0.6 is 0 Å². The predicted octanol–water partition coefficient (Wildman–Crippen LogP) is 3.82. The van der Waals surface area contributed by atoms with Crippen LogP contribution in [0.2, 0.25) is 0 Å². The van der Waals surface area contributed by atoms with Crippen LogP contribution in [0.1, 0.15) is 22.3 Å². The molecule has 3 heteroatoms. The number of hydrogen-bond acceptors (Lipinski definition) is 1. The van der Waals surface area contributed by atoms with Crippen LogP contribution in [0.15, 0.2) is 73.1 Å². The lowest BCUT2D eigenvalue weighted by Crippen LogP contribution is -2.39. The Labute approximate surface area is 149 Å². The summed E-state index contributed by atoms with van der Waals surface area (Å²) in [5.74, 6) is -0.0190. The lowest BCUT2D eigenvalue weighted by molar-refractivity contribution is -0.684. The topological polar surface area (TPSA) is 33.0 Å². The van der Waals surface area contributed by atoms with Gasteiger partial charge in [-0.15, -0.1) is 0 Å². The van der Waals surface area contributed by atoms with Gasteiger partial charge < -0.3 is 5.32 Å². The number of nitrogens with zero attached hydrogens (tertiary/aromatic N) is 1. The van der Waals surface area contributed by atoms with Crippen LogP contribution in [0.4, 0.5) is 5.69 Å². The molecule has 0 atom stereocenters. The van der Waals surface area contributed by atoms with Gasteiger partial charge in [0.05, 0.1) is 0 Å². The molecule has 0 saturated carbocycles. The number of aryl methyl sites for hydroxylation is 2. The molecular formula is C22H23N2O+. The number of pyridine rings is 1. The van der Waals surface area contributed by atoms with E-state index in [1.165, 1.54) is 11.1 Å². The fourth-order valence-corrected chi connectivity index (χ4v) is 2.77. The Balaban J connectivity index is 1.61. The Hall–Kier alpha value is -2.94. The van der Waals surface area contributed by atoms with E-state index in [1.807, 2.05) is 55.1 Å². The van der Waals surface area contributed by atoms with Crippen molar-refractivity contribution < 1.29 is 9.36 Å². The molecule has 0 spiro atoms. The quantitative estimate of drug-likeness (QED) is 0.708. The van der Waals surface area contributed by atoms with Crippen molar-refractivity contribution in [3.8, 4) is 0 Å². The maximum atomic E-state index is 12.3. The van der Waals surface area contributed by atoms with Gasteiger partial charge in [-0.25, -0.2) is 0 Å². The van der Waals surface area contributed by atoms with Crippen molar-refractivity contribution in [1.29, 1.82) is 0 Å². The average molecular weight is 331 g/mol. The minimum absolute atomic E-state index is 0.0190. The summed E-state index contributed by atoms with van der Waals surface area (Å²) >= 11 is 0. The highest BCUT2D eigenvalue weighted by atomic mass is 16.1. The van der Waals surface area contributed by atoms with Crippen molar-refractivity contribution in [2.45, 2.75) is 26.8 Å². The van der Waals surface area contributed by atoms with Gasteiger partial charge in [0, 0.05) is 17.8 Å². The third-order valence-electron chi connectivity index (χ3n) is 4.20. The van der Waals surface area contributed by atoms with Crippen LogP contribution in [0.5, 0.6) is 0 Å². The second-order valence-electron chi connectivity index (χ2n) is 6.41. The first-order chi connectivity index (χ1) is 12.1. The number of benzene rings is 2. The zero-order valence-electron chi connectivity index (χ0n) is 14.7. The number of carbonyl (C=O) groups excluding carboxylic acids is 1. The Morgan fingerprint density at radius 1 is 0.920 bits per heavy atom. The number of hydrogen-bond donors (Lipinski definition) is 1. The Kier molecular flexibility index (Phi) is 5.24. The third-order valence-corrected chi connectivity index (χ3v) is 4.20. The van der Waals surface area contributed by atoms with Crippen LogP contribution in [0.3, 0.4) is 0 Å². The van der Waals surface area contributed by atoms with Gasteiger partial charge in [0.2, 0.25) is 6.54 Å². The van der Waals surface area contributed by atoms with E-state index in [2.05, 4.69) is 41.7 Å². The standard InChI is InChI=1S/C22H22N2O/c1-17-8-9-18(2)21(14-17)23-22(25)16-24-12-10-20(11-13-24)15-19-6-4-3-5-7-19/h3-14H,15-16H2,1-2H3/p+1. The highest BCUT2D eigenvalue weighted by molar-refractivity contribution is 5.90. The van der Waals surface area contributed by atoms with Gasteiger partial charge in [0.25, 0.3) is 5.91 Å². The van der Waals surface area contributed by atoms with Crippen molar-refractivity contribution in [2.24, 2.45) is 0 Å². The van der Waals surface area contributed by atoms with Crippen molar-refractivity contribution in [2.75, 3.05) is 5.32 Å². The van der Waals surface area contributed by atoms with Gasteiger partial charge >= 0.3 is 0 Å². The zero-order chi connectivity index (χ0) is 17.6. The van der Waals surface area contributed by atoms with Gasteiger partial charge in [0.15, 0.2) is 12.4 Å². The number of nitrogens with one attached hydrogen (secondary N) is 1. The molecule has 0 bridgehead atoms. The van der Waals surface area contributed by atoms with E-state index in [-0.39, 0.29) is 5.91 Å². The number of rotatable bonds is 5. The summed E-state index contributed by atoms with van der Waals surface area (Å²) in [5.41, 5.74) is 5.61. The molecule has 0 saturated heterocycles. The number of carbonyl (C=O) groups is 1. The Bertz CT molecular complexity index is 855. The highest BCUT2D eigenvalue weighted by Gasteiger charge is 2.11. The molecule has 0 aliphatic carbocycles. The molecule has 1 amide bonds. The normalized spacial score (nSPS) is 10.5. The molecule has 0 aliphatic heterocycles. The average Bonchev–Trinajstić information content (AvgIpc) is 2.61. The lowest BCUT2D eigenvalue weighted by Gasteiger charge is -2.08. The summed E-state index contributed by atoms with van der Waals surface area (Å²) < 4.78 is 1.90. The maximum Gasteiger partial charge on any atom is 0.290 e. The van der Waals surface area contributed by atoms with Crippen molar-refractivity contribution in [3.05, 3.63) is 95.3 Å². The monoisotopic (exact) mass is 331 g/mol. The third kappa shape index (κ3) is 4.77. The minimum Gasteiger partial charge on any atom is -0.320 e. The summed E-state index contributed by atoms with van der Waals surface area (Å²) in [5, 5.41) is 2.99. The van der Waals surface area contributed by atoms with Gasteiger partial charge in [0.1, 0.15) is 0 Å². The van der Waals surface area contributed by atoms with E-state index in [0.29, 0.717) is 6.54 Å². The van der Waals surface area contributed by atoms with Crippen LogP contribution < -0.4 is 9.88 Å². The number of amides is 1. The molecule has 126 valence electrons. The van der Waals surface area contributed by atoms with Gasteiger partial charge in [-0.3, -0.25) is 4.79 Å². The molecule has 1 heterocycles. The van der Waals surface area contributed by atoms with E-state index in [9.17, 15) is 4.79 Å². The lowest BCUT2D eigenvalue weighted by atomic mass is 10.1. The first-order valence-corrected chi connectivity index (χ1v) is 8.49. The Morgan fingerprint density at radius 3 is 2.32 bits per heavy atom. The first kappa shape index (κ1) is 16.9. The molecule has 0 aliphatic rings. The van der Waals surface area contributed by atoms with E-state index in [4.69, 9.17) is 0 Å². The number of aromatic nitrogens is 1.